The third-order valence-electron chi connectivity index (χ3n) is 3.95. The Bertz CT molecular complexity index is 711. The molecule has 24 heavy (non-hydrogen) atoms. The van der Waals surface area contributed by atoms with E-state index in [0.29, 0.717) is 18.7 Å². The number of nitrogens with zero attached hydrogens (tertiary/aromatic N) is 2. The molecule has 5 nitrogen and oxygen atoms in total. The lowest BCUT2D eigenvalue weighted by Crippen LogP contribution is -2.39. The van der Waals surface area contributed by atoms with Crippen molar-refractivity contribution in [2.75, 3.05) is 13.1 Å². The number of aryl methyl sites for hydroxylation is 1. The highest BCUT2D eigenvalue weighted by molar-refractivity contribution is 9.10. The third-order valence-corrected chi connectivity index (χ3v) is 4.44. The molecule has 0 bridgehead atoms. The maximum Gasteiger partial charge on any atom is 0.255 e. The Labute approximate surface area is 152 Å². The highest BCUT2D eigenvalue weighted by Gasteiger charge is 2.19. The number of benzene rings is 1. The standard InChI is InChI=1S/C18H25BrN4O/c1-5-20-12(2)10-21-18(24)17-13(3)22-23(14(17)4)11-15-7-6-8-16(19)9-15/h6-9,12,20H,5,10-11H2,1-4H3,(H,21,24)/t12-/m1/s1. The third kappa shape index (κ3) is 4.68. The molecule has 0 spiro atoms. The van der Waals surface area contributed by atoms with E-state index in [0.717, 1.165) is 28.0 Å². The van der Waals surface area contributed by atoms with Gasteiger partial charge in [-0.15, -0.1) is 0 Å². The highest BCUT2D eigenvalue weighted by atomic mass is 79.9. The SMILES string of the molecule is CCN[C@H](C)CNC(=O)c1c(C)nn(Cc2cccc(Br)c2)c1C. The topological polar surface area (TPSA) is 58.9 Å². The molecule has 0 aliphatic rings. The van der Waals surface area contributed by atoms with E-state index in [1.54, 1.807) is 0 Å². The fourth-order valence-corrected chi connectivity index (χ4v) is 3.19. The molecule has 1 aromatic carbocycles. The Kier molecular flexibility index (Phi) is 6.57. The predicted octanol–water partition coefficient (Wildman–Crippen LogP) is 3.04. The molecular weight excluding hydrogens is 368 g/mol. The van der Waals surface area contributed by atoms with Gasteiger partial charge < -0.3 is 10.6 Å². The largest absolute Gasteiger partial charge is 0.350 e. The van der Waals surface area contributed by atoms with Crippen molar-refractivity contribution in [3.63, 3.8) is 0 Å². The van der Waals surface area contributed by atoms with Crippen LogP contribution in [0.5, 0.6) is 0 Å². The summed E-state index contributed by atoms with van der Waals surface area (Å²) >= 11 is 3.48. The van der Waals surface area contributed by atoms with Crippen LogP contribution >= 0.6 is 15.9 Å². The molecule has 0 saturated heterocycles. The number of amides is 1. The quantitative estimate of drug-likeness (QED) is 0.760. The number of aromatic nitrogens is 2. The fourth-order valence-electron chi connectivity index (χ4n) is 2.74. The molecule has 0 aliphatic heterocycles. The van der Waals surface area contributed by atoms with E-state index in [9.17, 15) is 4.79 Å². The monoisotopic (exact) mass is 392 g/mol. The van der Waals surface area contributed by atoms with Crippen molar-refractivity contribution in [2.45, 2.75) is 40.3 Å². The van der Waals surface area contributed by atoms with Gasteiger partial charge in [-0.25, -0.2) is 0 Å². The molecule has 0 unspecified atom stereocenters. The number of likely N-dealkylation sites (N-methyl/N-ethyl adjacent to an activating group) is 1. The summed E-state index contributed by atoms with van der Waals surface area (Å²) in [4.78, 5) is 12.5. The summed E-state index contributed by atoms with van der Waals surface area (Å²) in [6.07, 6.45) is 0. The lowest BCUT2D eigenvalue weighted by Gasteiger charge is -2.13. The van der Waals surface area contributed by atoms with Crippen LogP contribution < -0.4 is 10.6 Å². The summed E-state index contributed by atoms with van der Waals surface area (Å²) in [6.45, 7) is 10.1. The lowest BCUT2D eigenvalue weighted by molar-refractivity contribution is 0.0949. The van der Waals surface area contributed by atoms with E-state index in [1.807, 2.05) is 30.7 Å². The molecule has 2 N–H and O–H groups in total. The number of carbonyl (C=O) groups is 1. The van der Waals surface area contributed by atoms with Crippen molar-refractivity contribution in [1.82, 2.24) is 20.4 Å². The smallest absolute Gasteiger partial charge is 0.255 e. The predicted molar refractivity (Wildman–Crippen MR) is 100 cm³/mol. The Hall–Kier alpha value is -1.66. The van der Waals surface area contributed by atoms with Gasteiger partial charge in [0.05, 0.1) is 17.8 Å². The zero-order valence-corrected chi connectivity index (χ0v) is 16.3. The van der Waals surface area contributed by atoms with Crippen LogP contribution in [0.3, 0.4) is 0 Å². The van der Waals surface area contributed by atoms with Crippen LogP contribution in [0, 0.1) is 13.8 Å². The van der Waals surface area contributed by atoms with Crippen LogP contribution in [0.25, 0.3) is 0 Å². The van der Waals surface area contributed by atoms with Crippen molar-refractivity contribution >= 4 is 21.8 Å². The molecule has 1 aromatic heterocycles. The van der Waals surface area contributed by atoms with Gasteiger partial charge in [0, 0.05) is 22.8 Å². The van der Waals surface area contributed by atoms with Crippen molar-refractivity contribution in [1.29, 1.82) is 0 Å². The number of nitrogens with one attached hydrogen (secondary N) is 2. The van der Waals surface area contributed by atoms with Crippen LogP contribution in [0.2, 0.25) is 0 Å². The van der Waals surface area contributed by atoms with Crippen molar-refractivity contribution in [2.24, 2.45) is 0 Å². The number of hydrogen-bond donors (Lipinski definition) is 2. The Balaban J connectivity index is 2.12. The summed E-state index contributed by atoms with van der Waals surface area (Å²) < 4.78 is 2.93. The van der Waals surface area contributed by atoms with Gasteiger partial charge in [0.1, 0.15) is 0 Å². The van der Waals surface area contributed by atoms with Crippen LogP contribution in [-0.4, -0.2) is 34.8 Å². The number of halogens is 1. The first-order valence-corrected chi connectivity index (χ1v) is 9.01. The number of hydrogen-bond acceptors (Lipinski definition) is 3. The second kappa shape index (κ2) is 8.44. The van der Waals surface area contributed by atoms with Gasteiger partial charge in [-0.1, -0.05) is 35.0 Å². The lowest BCUT2D eigenvalue weighted by atomic mass is 10.1. The fraction of sp³-hybridized carbons (Fsp3) is 0.444. The van der Waals surface area contributed by atoms with Gasteiger partial charge >= 0.3 is 0 Å². The van der Waals surface area contributed by atoms with Crippen LogP contribution in [-0.2, 0) is 6.54 Å². The molecule has 2 aromatic rings. The minimum Gasteiger partial charge on any atom is -0.350 e. The molecule has 1 amide bonds. The Morgan fingerprint density at radius 2 is 2.12 bits per heavy atom. The average molecular weight is 393 g/mol. The van der Waals surface area contributed by atoms with Gasteiger partial charge in [-0.2, -0.15) is 5.10 Å². The second-order valence-electron chi connectivity index (χ2n) is 6.00. The van der Waals surface area contributed by atoms with Gasteiger partial charge in [0.25, 0.3) is 5.91 Å². The number of rotatable bonds is 7. The van der Waals surface area contributed by atoms with E-state index < -0.39 is 0 Å². The molecule has 0 aliphatic carbocycles. The van der Waals surface area contributed by atoms with E-state index in [-0.39, 0.29) is 11.9 Å². The number of carbonyl (C=O) groups excluding carboxylic acids is 1. The minimum absolute atomic E-state index is 0.0600. The summed E-state index contributed by atoms with van der Waals surface area (Å²) in [5, 5.41) is 10.8. The zero-order chi connectivity index (χ0) is 17.7. The van der Waals surface area contributed by atoms with Crippen LogP contribution in [0.1, 0.15) is 41.2 Å². The van der Waals surface area contributed by atoms with E-state index in [1.165, 1.54) is 0 Å². The first kappa shape index (κ1) is 18.7. The molecule has 130 valence electrons. The minimum atomic E-state index is -0.0600. The van der Waals surface area contributed by atoms with Gasteiger partial charge in [0.2, 0.25) is 0 Å². The second-order valence-corrected chi connectivity index (χ2v) is 6.92. The van der Waals surface area contributed by atoms with Crippen molar-refractivity contribution < 1.29 is 4.79 Å². The molecule has 0 fully saturated rings. The van der Waals surface area contributed by atoms with E-state index >= 15 is 0 Å². The summed E-state index contributed by atoms with van der Waals surface area (Å²) in [5.74, 6) is -0.0600. The summed E-state index contributed by atoms with van der Waals surface area (Å²) in [6, 6.07) is 8.36. The van der Waals surface area contributed by atoms with Gasteiger partial charge in [0.15, 0.2) is 0 Å². The average Bonchev–Trinajstić information content (AvgIpc) is 2.79. The zero-order valence-electron chi connectivity index (χ0n) is 14.7. The van der Waals surface area contributed by atoms with E-state index in [4.69, 9.17) is 0 Å². The molecular formula is C18H25BrN4O. The maximum atomic E-state index is 12.5. The highest BCUT2D eigenvalue weighted by Crippen LogP contribution is 2.17. The molecule has 1 atom stereocenters. The van der Waals surface area contributed by atoms with Crippen molar-refractivity contribution in [3.05, 3.63) is 51.3 Å². The van der Waals surface area contributed by atoms with Crippen LogP contribution in [0.15, 0.2) is 28.7 Å². The van der Waals surface area contributed by atoms with Gasteiger partial charge in [-0.3, -0.25) is 9.48 Å². The van der Waals surface area contributed by atoms with Crippen LogP contribution in [0.4, 0.5) is 0 Å². The molecule has 1 heterocycles. The van der Waals surface area contributed by atoms with Crippen molar-refractivity contribution in [3.8, 4) is 0 Å². The molecule has 2 rings (SSSR count). The Morgan fingerprint density at radius 3 is 2.79 bits per heavy atom. The Morgan fingerprint density at radius 1 is 1.38 bits per heavy atom. The normalized spacial score (nSPS) is 12.2. The first-order chi connectivity index (χ1) is 11.4. The summed E-state index contributed by atoms with van der Waals surface area (Å²) in [5.41, 5.74) is 3.47. The van der Waals surface area contributed by atoms with E-state index in [2.05, 4.69) is 57.6 Å². The van der Waals surface area contributed by atoms with Gasteiger partial charge in [-0.05, 0) is 45.0 Å². The first-order valence-electron chi connectivity index (χ1n) is 8.22. The molecule has 0 saturated carbocycles. The molecule has 0 radical (unpaired) electrons. The summed E-state index contributed by atoms with van der Waals surface area (Å²) in [7, 11) is 0. The molecule has 6 heteroatoms. The maximum absolute atomic E-state index is 12.5.